The molecule has 3 heteroatoms. The van der Waals surface area contributed by atoms with Crippen molar-refractivity contribution in [1.29, 1.82) is 0 Å². The van der Waals surface area contributed by atoms with E-state index in [9.17, 15) is 9.50 Å². The summed E-state index contributed by atoms with van der Waals surface area (Å²) in [6.45, 7) is 7.90. The Morgan fingerprint density at radius 2 is 1.90 bits per heavy atom. The summed E-state index contributed by atoms with van der Waals surface area (Å²) in [4.78, 5) is 0. The molecule has 2 rings (SSSR count). The second kappa shape index (κ2) is 6.63. The number of terminal acetylenes is 1. The third-order valence-corrected chi connectivity index (χ3v) is 3.36. The summed E-state index contributed by atoms with van der Waals surface area (Å²) in [5, 5.41) is 11.2. The number of phenols is 1. The Hall–Kier alpha value is -1.72. The fraction of sp³-hybridized carbons (Fsp3) is 0.294. The first-order chi connectivity index (χ1) is 9.47. The van der Waals surface area contributed by atoms with Gasteiger partial charge in [0.2, 0.25) is 0 Å². The highest BCUT2D eigenvalue weighted by Gasteiger charge is 2.17. The highest BCUT2D eigenvalue weighted by molar-refractivity contribution is 6.37. The Bertz CT molecular complexity index is 669. The van der Waals surface area contributed by atoms with E-state index in [0.29, 0.717) is 10.8 Å². The van der Waals surface area contributed by atoms with Crippen molar-refractivity contribution in [3.05, 3.63) is 40.2 Å². The number of aromatic hydroxyl groups is 1. The Morgan fingerprint density at radius 3 is 2.40 bits per heavy atom. The van der Waals surface area contributed by atoms with Crippen LogP contribution in [0.4, 0.5) is 4.39 Å². The number of rotatable bonds is 1. The van der Waals surface area contributed by atoms with Crippen LogP contribution in [0.15, 0.2) is 18.2 Å². The predicted molar refractivity (Wildman–Crippen MR) is 84.0 cm³/mol. The average Bonchev–Trinajstić information content (AvgIpc) is 2.44. The fourth-order valence-corrected chi connectivity index (χ4v) is 2.29. The number of fused-ring (bicyclic) bond motifs is 1. The molecule has 0 saturated carbocycles. The largest absolute Gasteiger partial charge is 0.506 e. The quantitative estimate of drug-likeness (QED) is 0.691. The monoisotopic (exact) mass is 292 g/mol. The Labute approximate surface area is 124 Å². The molecule has 20 heavy (non-hydrogen) atoms. The van der Waals surface area contributed by atoms with Crippen molar-refractivity contribution >= 4 is 22.4 Å². The van der Waals surface area contributed by atoms with Crippen molar-refractivity contribution in [3.63, 3.8) is 0 Å². The van der Waals surface area contributed by atoms with Crippen LogP contribution in [0.5, 0.6) is 5.75 Å². The summed E-state index contributed by atoms with van der Waals surface area (Å²) in [6, 6.07) is 4.36. The minimum atomic E-state index is -0.450. The van der Waals surface area contributed by atoms with Crippen LogP contribution in [0, 0.1) is 18.2 Å². The SMILES string of the molecule is C#Cc1c(F)ccc2c(Cl)c(O)cc(C(C)C)c12.CC. The standard InChI is InChI=1S/C15H12ClFO.C2H6/c1-4-9-12(17)6-5-10-14(9)11(8(2)3)7-13(18)15(10)16;1-2/h1,5-8,18H,2-3H3;1-2H3. The number of phenolic OH excluding ortho intramolecular Hbond substituents is 1. The summed E-state index contributed by atoms with van der Waals surface area (Å²) in [7, 11) is 0. The summed E-state index contributed by atoms with van der Waals surface area (Å²) in [5.74, 6) is 2.00. The van der Waals surface area contributed by atoms with Crippen molar-refractivity contribution in [2.24, 2.45) is 0 Å². The van der Waals surface area contributed by atoms with Gasteiger partial charge >= 0.3 is 0 Å². The lowest BCUT2D eigenvalue weighted by molar-refractivity contribution is 0.475. The highest BCUT2D eigenvalue weighted by Crippen LogP contribution is 2.39. The van der Waals surface area contributed by atoms with E-state index in [0.717, 1.165) is 5.56 Å². The van der Waals surface area contributed by atoms with Crippen LogP contribution in [0.3, 0.4) is 0 Å². The maximum absolute atomic E-state index is 13.7. The van der Waals surface area contributed by atoms with Gasteiger partial charge in [0.05, 0.1) is 10.6 Å². The molecule has 0 radical (unpaired) electrons. The molecule has 1 nitrogen and oxygen atoms in total. The van der Waals surface area contributed by atoms with Gasteiger partial charge < -0.3 is 5.11 Å². The number of hydrogen-bond acceptors (Lipinski definition) is 1. The van der Waals surface area contributed by atoms with Gasteiger partial charge in [-0.2, -0.15) is 0 Å². The van der Waals surface area contributed by atoms with Crippen molar-refractivity contribution in [2.75, 3.05) is 0 Å². The molecular weight excluding hydrogens is 275 g/mol. The average molecular weight is 293 g/mol. The lowest BCUT2D eigenvalue weighted by atomic mass is 9.92. The number of benzene rings is 2. The van der Waals surface area contributed by atoms with Gasteiger partial charge in [0, 0.05) is 10.8 Å². The summed E-state index contributed by atoms with van der Waals surface area (Å²) in [6.07, 6.45) is 5.38. The molecule has 0 aliphatic heterocycles. The summed E-state index contributed by atoms with van der Waals surface area (Å²) < 4.78 is 13.7. The van der Waals surface area contributed by atoms with Crippen LogP contribution in [0.25, 0.3) is 10.8 Å². The van der Waals surface area contributed by atoms with Crippen LogP contribution in [0.1, 0.15) is 44.7 Å². The first-order valence-corrected chi connectivity index (χ1v) is 6.95. The minimum absolute atomic E-state index is 0.0116. The zero-order valence-corrected chi connectivity index (χ0v) is 12.8. The van der Waals surface area contributed by atoms with E-state index in [1.807, 2.05) is 27.7 Å². The zero-order valence-electron chi connectivity index (χ0n) is 12.1. The zero-order chi connectivity index (χ0) is 15.4. The van der Waals surface area contributed by atoms with Gasteiger partial charge in [0.15, 0.2) is 0 Å². The van der Waals surface area contributed by atoms with Gasteiger partial charge in [-0.05, 0) is 29.7 Å². The molecule has 0 atom stereocenters. The highest BCUT2D eigenvalue weighted by atomic mass is 35.5. The molecule has 0 bridgehead atoms. The van der Waals surface area contributed by atoms with E-state index in [4.69, 9.17) is 18.0 Å². The van der Waals surface area contributed by atoms with Gasteiger partial charge in [0.1, 0.15) is 11.6 Å². The molecule has 0 unspecified atom stereocenters. The van der Waals surface area contributed by atoms with Gasteiger partial charge in [0.25, 0.3) is 0 Å². The van der Waals surface area contributed by atoms with Crippen molar-refractivity contribution in [3.8, 4) is 18.1 Å². The second-order valence-electron chi connectivity index (χ2n) is 4.44. The number of halogens is 2. The lowest BCUT2D eigenvalue weighted by Crippen LogP contribution is -1.95. The second-order valence-corrected chi connectivity index (χ2v) is 4.82. The summed E-state index contributed by atoms with van der Waals surface area (Å²) >= 11 is 6.04. The van der Waals surface area contributed by atoms with Gasteiger partial charge in [-0.25, -0.2) is 4.39 Å². The van der Waals surface area contributed by atoms with Gasteiger partial charge in [-0.1, -0.05) is 45.2 Å². The molecule has 0 saturated heterocycles. The van der Waals surface area contributed by atoms with Crippen molar-refractivity contribution in [2.45, 2.75) is 33.6 Å². The van der Waals surface area contributed by atoms with Gasteiger partial charge in [-0.3, -0.25) is 0 Å². The lowest BCUT2D eigenvalue weighted by Gasteiger charge is -2.14. The number of hydrogen-bond donors (Lipinski definition) is 1. The molecule has 0 aromatic heterocycles. The van der Waals surface area contributed by atoms with E-state index in [1.165, 1.54) is 6.07 Å². The molecule has 0 fully saturated rings. The van der Waals surface area contributed by atoms with Crippen molar-refractivity contribution < 1.29 is 9.50 Å². The van der Waals surface area contributed by atoms with E-state index < -0.39 is 5.82 Å². The smallest absolute Gasteiger partial charge is 0.139 e. The van der Waals surface area contributed by atoms with Crippen LogP contribution < -0.4 is 0 Å². The molecule has 0 aliphatic rings. The normalized spacial score (nSPS) is 10.1. The van der Waals surface area contributed by atoms with Crippen LogP contribution in [0.2, 0.25) is 5.02 Å². The molecule has 0 spiro atoms. The Balaban J connectivity index is 0.000000956. The molecule has 106 valence electrons. The topological polar surface area (TPSA) is 20.2 Å². The maximum Gasteiger partial charge on any atom is 0.139 e. The van der Waals surface area contributed by atoms with Crippen LogP contribution in [-0.4, -0.2) is 5.11 Å². The van der Waals surface area contributed by atoms with Gasteiger partial charge in [-0.15, -0.1) is 6.42 Å². The van der Waals surface area contributed by atoms with E-state index in [2.05, 4.69) is 5.92 Å². The first kappa shape index (κ1) is 16.3. The van der Waals surface area contributed by atoms with E-state index in [1.54, 1.807) is 12.1 Å². The molecule has 1 N–H and O–H groups in total. The molecule has 2 aromatic carbocycles. The molecule has 0 heterocycles. The van der Waals surface area contributed by atoms with Crippen LogP contribution in [-0.2, 0) is 0 Å². The van der Waals surface area contributed by atoms with Crippen LogP contribution >= 0.6 is 11.6 Å². The predicted octanol–water partition coefficient (Wildman–Crippen LogP) is 5.47. The molecule has 0 aliphatic carbocycles. The summed E-state index contributed by atoms with van der Waals surface area (Å²) in [5.41, 5.74) is 0.984. The van der Waals surface area contributed by atoms with E-state index >= 15 is 0 Å². The fourth-order valence-electron chi connectivity index (χ4n) is 2.08. The first-order valence-electron chi connectivity index (χ1n) is 6.57. The molecule has 0 amide bonds. The van der Waals surface area contributed by atoms with Crippen molar-refractivity contribution in [1.82, 2.24) is 0 Å². The minimum Gasteiger partial charge on any atom is -0.506 e. The third kappa shape index (κ3) is 2.73. The Morgan fingerprint density at radius 1 is 1.30 bits per heavy atom. The molecular formula is C17H18ClFO. The maximum atomic E-state index is 13.7. The molecule has 2 aromatic rings. The van der Waals surface area contributed by atoms with E-state index in [-0.39, 0.29) is 22.3 Å². The third-order valence-electron chi connectivity index (χ3n) is 2.96. The Kier molecular flexibility index (Phi) is 5.42.